The molecule has 2 aromatic carbocycles. The molecular formula is C27H35N5O3. The van der Waals surface area contributed by atoms with E-state index in [4.69, 9.17) is 16.7 Å². The first kappa shape index (κ1) is 24.9. The van der Waals surface area contributed by atoms with Crippen LogP contribution < -0.4 is 16.5 Å². The van der Waals surface area contributed by atoms with Crippen molar-refractivity contribution < 1.29 is 14.7 Å². The topological polar surface area (TPSA) is 125 Å². The molecule has 2 unspecified atom stereocenters. The lowest BCUT2D eigenvalue weighted by Gasteiger charge is -2.46. The summed E-state index contributed by atoms with van der Waals surface area (Å²) in [5.74, 6) is 5.53. The SMILES string of the molecule is N[C@@H](Cc1ccc(C(=O)/N=C/N(N)Cc2ccccc2N2CCCC3CCCCC32)cc1)C(=O)O. The van der Waals surface area contributed by atoms with Crippen molar-refractivity contribution in [1.29, 1.82) is 0 Å². The molecule has 2 fully saturated rings. The van der Waals surface area contributed by atoms with Crippen LogP contribution in [0.4, 0.5) is 5.69 Å². The molecule has 1 amide bonds. The predicted octanol–water partition coefficient (Wildman–Crippen LogP) is 3.34. The van der Waals surface area contributed by atoms with Crippen molar-refractivity contribution in [3.8, 4) is 0 Å². The fourth-order valence-electron chi connectivity index (χ4n) is 5.41. The van der Waals surface area contributed by atoms with E-state index in [2.05, 4.69) is 28.1 Å². The Labute approximate surface area is 206 Å². The number of rotatable bonds is 8. The number of carboxylic acid groups (broad SMARTS) is 1. The number of piperidine rings is 1. The van der Waals surface area contributed by atoms with Crippen LogP contribution in [-0.2, 0) is 17.8 Å². The number of carbonyl (C=O) groups is 2. The van der Waals surface area contributed by atoms with E-state index >= 15 is 0 Å². The summed E-state index contributed by atoms with van der Waals surface area (Å²) in [4.78, 5) is 30.0. The van der Waals surface area contributed by atoms with Crippen LogP contribution in [0.3, 0.4) is 0 Å². The van der Waals surface area contributed by atoms with Crippen molar-refractivity contribution in [1.82, 2.24) is 5.01 Å². The largest absolute Gasteiger partial charge is 0.480 e. The van der Waals surface area contributed by atoms with E-state index in [-0.39, 0.29) is 6.42 Å². The van der Waals surface area contributed by atoms with Crippen LogP contribution in [0.15, 0.2) is 53.5 Å². The van der Waals surface area contributed by atoms with Gasteiger partial charge in [0.15, 0.2) is 0 Å². The van der Waals surface area contributed by atoms with Crippen molar-refractivity contribution in [2.75, 3.05) is 11.4 Å². The molecule has 3 atom stereocenters. The minimum Gasteiger partial charge on any atom is -0.480 e. The number of hydrazine groups is 1. The van der Waals surface area contributed by atoms with E-state index in [1.165, 1.54) is 55.6 Å². The van der Waals surface area contributed by atoms with Crippen molar-refractivity contribution in [3.63, 3.8) is 0 Å². The number of nitrogens with zero attached hydrogens (tertiary/aromatic N) is 3. The van der Waals surface area contributed by atoms with Gasteiger partial charge in [-0.05, 0) is 67.3 Å². The maximum atomic E-state index is 12.5. The molecule has 2 aliphatic rings. The minimum atomic E-state index is -1.06. The van der Waals surface area contributed by atoms with Crippen LogP contribution in [0.5, 0.6) is 0 Å². The number of fused-ring (bicyclic) bond motifs is 1. The lowest BCUT2D eigenvalue weighted by atomic mass is 9.78. The Hall–Kier alpha value is -3.23. The third-order valence-corrected chi connectivity index (χ3v) is 7.19. The summed E-state index contributed by atoms with van der Waals surface area (Å²) < 4.78 is 0. The maximum Gasteiger partial charge on any atom is 0.320 e. The molecule has 8 nitrogen and oxygen atoms in total. The molecule has 0 radical (unpaired) electrons. The smallest absolute Gasteiger partial charge is 0.320 e. The number of anilines is 1. The Morgan fingerprint density at radius 2 is 1.80 bits per heavy atom. The zero-order valence-electron chi connectivity index (χ0n) is 20.1. The van der Waals surface area contributed by atoms with Gasteiger partial charge < -0.3 is 15.7 Å². The van der Waals surface area contributed by atoms with Gasteiger partial charge in [0.1, 0.15) is 12.4 Å². The van der Waals surface area contributed by atoms with Crippen molar-refractivity contribution >= 4 is 23.9 Å². The Bertz CT molecular complexity index is 1050. The highest BCUT2D eigenvalue weighted by Crippen LogP contribution is 2.38. The first-order chi connectivity index (χ1) is 16.9. The van der Waals surface area contributed by atoms with E-state index in [9.17, 15) is 9.59 Å². The van der Waals surface area contributed by atoms with Crippen molar-refractivity contribution in [2.24, 2.45) is 22.5 Å². The quantitative estimate of drug-likeness (QED) is 0.230. The third kappa shape index (κ3) is 6.26. The first-order valence-electron chi connectivity index (χ1n) is 12.4. The lowest BCUT2D eigenvalue weighted by Crippen LogP contribution is -2.47. The van der Waals surface area contributed by atoms with Crippen LogP contribution in [0.25, 0.3) is 0 Å². The molecule has 0 spiro atoms. The fraction of sp³-hybridized carbons (Fsp3) is 0.444. The Morgan fingerprint density at radius 3 is 2.57 bits per heavy atom. The minimum absolute atomic E-state index is 0.196. The molecule has 1 aliphatic heterocycles. The van der Waals surface area contributed by atoms with E-state index < -0.39 is 17.9 Å². The number of hydrogen-bond donors (Lipinski definition) is 3. The summed E-state index contributed by atoms with van der Waals surface area (Å²) in [6.07, 6.45) is 9.33. The number of nitrogens with two attached hydrogens (primary N) is 2. The second-order valence-electron chi connectivity index (χ2n) is 9.64. The highest BCUT2D eigenvalue weighted by molar-refractivity contribution is 5.98. The van der Waals surface area contributed by atoms with E-state index in [1.807, 2.05) is 6.07 Å². The summed E-state index contributed by atoms with van der Waals surface area (Å²) >= 11 is 0. The van der Waals surface area contributed by atoms with E-state index in [0.717, 1.165) is 23.6 Å². The Morgan fingerprint density at radius 1 is 1.09 bits per heavy atom. The molecule has 1 saturated carbocycles. The van der Waals surface area contributed by atoms with E-state index in [0.29, 0.717) is 18.2 Å². The second-order valence-corrected chi connectivity index (χ2v) is 9.64. The molecule has 35 heavy (non-hydrogen) atoms. The molecule has 2 aromatic rings. The third-order valence-electron chi connectivity index (χ3n) is 7.19. The van der Waals surface area contributed by atoms with Gasteiger partial charge in [-0.1, -0.05) is 43.2 Å². The number of benzene rings is 2. The summed E-state index contributed by atoms with van der Waals surface area (Å²) in [6.45, 7) is 1.52. The van der Waals surface area contributed by atoms with Crippen LogP contribution in [0, 0.1) is 5.92 Å². The zero-order chi connectivity index (χ0) is 24.8. The van der Waals surface area contributed by atoms with Gasteiger partial charge in [-0.25, -0.2) is 5.84 Å². The molecule has 5 N–H and O–H groups in total. The van der Waals surface area contributed by atoms with Crippen molar-refractivity contribution in [2.45, 2.75) is 63.6 Å². The summed E-state index contributed by atoms with van der Waals surface area (Å²) in [7, 11) is 0. The van der Waals surface area contributed by atoms with Gasteiger partial charge >= 0.3 is 5.97 Å². The van der Waals surface area contributed by atoms with Gasteiger partial charge in [-0.15, -0.1) is 0 Å². The predicted molar refractivity (Wildman–Crippen MR) is 137 cm³/mol. The van der Waals surface area contributed by atoms with Crippen molar-refractivity contribution in [3.05, 3.63) is 65.2 Å². The number of carboxylic acids is 1. The van der Waals surface area contributed by atoms with Gasteiger partial charge in [0.05, 0.1) is 6.54 Å². The van der Waals surface area contributed by atoms with Gasteiger partial charge in [0.2, 0.25) is 0 Å². The normalized spacial score (nSPS) is 20.9. The summed E-state index contributed by atoms with van der Waals surface area (Å²) in [5.41, 5.74) is 9.07. The summed E-state index contributed by atoms with van der Waals surface area (Å²) in [5, 5.41) is 10.4. The number of para-hydroxylation sites is 1. The molecular weight excluding hydrogens is 442 g/mol. The molecule has 0 aromatic heterocycles. The number of amides is 1. The molecule has 1 aliphatic carbocycles. The van der Waals surface area contributed by atoms with Crippen LogP contribution >= 0.6 is 0 Å². The lowest BCUT2D eigenvalue weighted by molar-refractivity contribution is -0.138. The highest BCUT2D eigenvalue weighted by Gasteiger charge is 2.34. The molecule has 8 heteroatoms. The van der Waals surface area contributed by atoms with Gasteiger partial charge in [0, 0.05) is 23.8 Å². The molecule has 0 bridgehead atoms. The Balaban J connectivity index is 1.39. The fourth-order valence-corrected chi connectivity index (χ4v) is 5.41. The van der Waals surface area contributed by atoms with Crippen LogP contribution in [-0.4, -0.2) is 47.0 Å². The molecule has 1 heterocycles. The average Bonchev–Trinajstić information content (AvgIpc) is 2.87. The standard InChI is InChI=1S/C27H35N5O3/c28-23(27(34)35)16-19-11-13-21(14-12-19)26(33)30-18-31(29)17-22-7-2-4-10-25(22)32-15-5-8-20-6-1-3-9-24(20)32/h2,4,7,10-14,18,20,23-24H,1,3,5-6,8-9,15-17,28-29H2,(H,34,35)/b30-18+/t20?,23-,24?/m0/s1. The average molecular weight is 478 g/mol. The van der Waals surface area contributed by atoms with Gasteiger partial charge in [-0.3, -0.25) is 14.6 Å². The van der Waals surface area contributed by atoms with Crippen LogP contribution in [0.2, 0.25) is 0 Å². The molecule has 186 valence electrons. The zero-order valence-corrected chi connectivity index (χ0v) is 20.1. The number of carbonyl (C=O) groups excluding carboxylic acids is 1. The Kier molecular flexibility index (Phi) is 8.15. The van der Waals surface area contributed by atoms with Crippen LogP contribution in [0.1, 0.15) is 60.0 Å². The number of aliphatic carboxylic acids is 1. The number of hydrogen-bond acceptors (Lipinski definition) is 5. The molecule has 1 saturated heterocycles. The first-order valence-corrected chi connectivity index (χ1v) is 12.4. The molecule has 4 rings (SSSR count). The second kappa shape index (κ2) is 11.5. The number of aliphatic imine (C=N–C) groups is 1. The highest BCUT2D eigenvalue weighted by atomic mass is 16.4. The van der Waals surface area contributed by atoms with Gasteiger partial charge in [0.25, 0.3) is 5.91 Å². The van der Waals surface area contributed by atoms with Gasteiger partial charge in [-0.2, -0.15) is 4.99 Å². The summed E-state index contributed by atoms with van der Waals surface area (Å²) in [6, 6.07) is 14.6. The van der Waals surface area contributed by atoms with E-state index in [1.54, 1.807) is 24.3 Å². The maximum absolute atomic E-state index is 12.5. The monoisotopic (exact) mass is 477 g/mol.